The van der Waals surface area contributed by atoms with E-state index < -0.39 is 23.8 Å². The van der Waals surface area contributed by atoms with Gasteiger partial charge in [-0.1, -0.05) is 12.1 Å². The molecule has 0 bridgehead atoms. The zero-order chi connectivity index (χ0) is 14.4. The number of hydrogen-bond donors (Lipinski definition) is 3. The van der Waals surface area contributed by atoms with E-state index in [4.69, 9.17) is 10.2 Å². The molecule has 1 aromatic carbocycles. The number of aliphatic carboxylic acids is 2. The first kappa shape index (κ1) is 14.4. The molecular weight excluding hydrogens is 250 g/mol. The number of carboxylic acid groups (broad SMARTS) is 2. The van der Waals surface area contributed by atoms with Crippen LogP contribution in [0.4, 0.5) is 5.69 Å². The van der Waals surface area contributed by atoms with Crippen molar-refractivity contribution in [2.75, 3.05) is 5.32 Å². The van der Waals surface area contributed by atoms with Crippen molar-refractivity contribution in [3.63, 3.8) is 0 Å². The van der Waals surface area contributed by atoms with E-state index in [0.717, 1.165) is 12.2 Å². The Kier molecular flexibility index (Phi) is 4.82. The molecule has 6 heteroatoms. The largest absolute Gasteiger partial charge is 0.481 e. The summed E-state index contributed by atoms with van der Waals surface area (Å²) in [4.78, 5) is 32.3. The molecule has 1 rings (SSSR count). The number of carboxylic acids is 2. The molecule has 1 amide bonds. The number of rotatable bonds is 5. The van der Waals surface area contributed by atoms with Crippen molar-refractivity contribution in [1.82, 2.24) is 0 Å². The smallest absolute Gasteiger partial charge is 0.328 e. The van der Waals surface area contributed by atoms with Crippen molar-refractivity contribution in [3.05, 3.63) is 42.0 Å². The molecule has 100 valence electrons. The fourth-order valence-electron chi connectivity index (χ4n) is 1.33. The van der Waals surface area contributed by atoms with E-state index in [9.17, 15) is 14.4 Å². The van der Waals surface area contributed by atoms with Crippen molar-refractivity contribution >= 4 is 23.5 Å². The summed E-state index contributed by atoms with van der Waals surface area (Å²) >= 11 is 0. The van der Waals surface area contributed by atoms with E-state index in [2.05, 4.69) is 5.32 Å². The first-order chi connectivity index (χ1) is 8.90. The van der Waals surface area contributed by atoms with E-state index in [1.807, 2.05) is 0 Å². The summed E-state index contributed by atoms with van der Waals surface area (Å²) in [6, 6.07) is 6.30. The number of carbonyl (C=O) groups excluding carboxylic acids is 1. The number of benzene rings is 1. The van der Waals surface area contributed by atoms with Crippen LogP contribution in [0.3, 0.4) is 0 Å². The molecule has 1 atom stereocenters. The highest BCUT2D eigenvalue weighted by molar-refractivity contribution is 6.02. The standard InChI is InChI=1S/C13H13NO5/c1-8(13(18)19)9-2-4-10(5-3-9)14-11(15)6-7-12(16)17/h2-8H,1H3,(H,14,15)(H,16,17)(H,18,19)/b7-6+. The summed E-state index contributed by atoms with van der Waals surface area (Å²) in [6.45, 7) is 1.56. The van der Waals surface area contributed by atoms with Crippen LogP contribution >= 0.6 is 0 Å². The van der Waals surface area contributed by atoms with Crippen LogP contribution in [0.15, 0.2) is 36.4 Å². The van der Waals surface area contributed by atoms with Crippen LogP contribution in [0.25, 0.3) is 0 Å². The van der Waals surface area contributed by atoms with Crippen molar-refractivity contribution < 1.29 is 24.6 Å². The molecule has 0 spiro atoms. The Hall–Kier alpha value is -2.63. The van der Waals surface area contributed by atoms with E-state index >= 15 is 0 Å². The highest BCUT2D eigenvalue weighted by Crippen LogP contribution is 2.18. The average molecular weight is 263 g/mol. The van der Waals surface area contributed by atoms with Gasteiger partial charge in [0.2, 0.25) is 5.91 Å². The second-order valence-corrected chi connectivity index (χ2v) is 3.84. The summed E-state index contributed by atoms with van der Waals surface area (Å²) in [7, 11) is 0. The molecule has 6 nitrogen and oxygen atoms in total. The van der Waals surface area contributed by atoms with Crippen LogP contribution in [0, 0.1) is 0 Å². The number of nitrogens with one attached hydrogen (secondary N) is 1. The summed E-state index contributed by atoms with van der Waals surface area (Å²) in [5.41, 5.74) is 1.08. The third-order valence-corrected chi connectivity index (χ3v) is 2.43. The number of anilines is 1. The van der Waals surface area contributed by atoms with Gasteiger partial charge in [0.05, 0.1) is 5.92 Å². The van der Waals surface area contributed by atoms with Crippen LogP contribution in [0.5, 0.6) is 0 Å². The summed E-state index contributed by atoms with van der Waals surface area (Å²) in [5.74, 6) is -3.33. The van der Waals surface area contributed by atoms with Gasteiger partial charge in [-0.25, -0.2) is 4.79 Å². The van der Waals surface area contributed by atoms with Gasteiger partial charge in [0, 0.05) is 17.8 Å². The minimum Gasteiger partial charge on any atom is -0.481 e. The van der Waals surface area contributed by atoms with Gasteiger partial charge >= 0.3 is 11.9 Å². The maximum Gasteiger partial charge on any atom is 0.328 e. The SMILES string of the molecule is CC(C(=O)O)c1ccc(NC(=O)/C=C/C(=O)O)cc1. The average Bonchev–Trinajstić information content (AvgIpc) is 2.36. The van der Waals surface area contributed by atoms with Crippen LogP contribution < -0.4 is 5.32 Å². The van der Waals surface area contributed by atoms with Gasteiger partial charge in [0.1, 0.15) is 0 Å². The zero-order valence-corrected chi connectivity index (χ0v) is 10.2. The van der Waals surface area contributed by atoms with Crippen LogP contribution in [0.1, 0.15) is 18.4 Å². The summed E-state index contributed by atoms with van der Waals surface area (Å²) in [5, 5.41) is 19.6. The van der Waals surface area contributed by atoms with E-state index in [0.29, 0.717) is 11.3 Å². The van der Waals surface area contributed by atoms with Gasteiger partial charge in [-0.15, -0.1) is 0 Å². The van der Waals surface area contributed by atoms with E-state index in [-0.39, 0.29) is 0 Å². The molecule has 0 aliphatic carbocycles. The van der Waals surface area contributed by atoms with Gasteiger partial charge in [0.25, 0.3) is 0 Å². The van der Waals surface area contributed by atoms with Gasteiger partial charge in [-0.05, 0) is 24.6 Å². The minimum absolute atomic E-state index is 0.460. The fourth-order valence-corrected chi connectivity index (χ4v) is 1.33. The second kappa shape index (κ2) is 6.34. The van der Waals surface area contributed by atoms with E-state index in [1.165, 1.54) is 0 Å². The zero-order valence-electron chi connectivity index (χ0n) is 10.2. The number of amides is 1. The minimum atomic E-state index is -1.21. The molecule has 0 saturated carbocycles. The predicted octanol–water partition coefficient (Wildman–Crippen LogP) is 1.45. The molecular formula is C13H13NO5. The first-order valence-electron chi connectivity index (χ1n) is 5.45. The lowest BCUT2D eigenvalue weighted by atomic mass is 10.0. The summed E-state index contributed by atoms with van der Waals surface area (Å²) in [6.07, 6.45) is 1.63. The third-order valence-electron chi connectivity index (χ3n) is 2.43. The van der Waals surface area contributed by atoms with Gasteiger partial charge in [-0.2, -0.15) is 0 Å². The Morgan fingerprint density at radius 2 is 1.68 bits per heavy atom. The number of carbonyl (C=O) groups is 3. The molecule has 0 aliphatic heterocycles. The van der Waals surface area contributed by atoms with Gasteiger partial charge in [0.15, 0.2) is 0 Å². The van der Waals surface area contributed by atoms with Crippen molar-refractivity contribution in [2.45, 2.75) is 12.8 Å². The molecule has 3 N–H and O–H groups in total. The molecule has 19 heavy (non-hydrogen) atoms. The Bertz CT molecular complexity index is 518. The van der Waals surface area contributed by atoms with Crippen molar-refractivity contribution in [3.8, 4) is 0 Å². The summed E-state index contributed by atoms with van der Waals surface area (Å²) < 4.78 is 0. The molecule has 0 fully saturated rings. The second-order valence-electron chi connectivity index (χ2n) is 3.84. The van der Waals surface area contributed by atoms with Crippen molar-refractivity contribution in [2.24, 2.45) is 0 Å². The van der Waals surface area contributed by atoms with Crippen LogP contribution in [0.2, 0.25) is 0 Å². The maximum absolute atomic E-state index is 11.3. The third kappa shape index (κ3) is 4.63. The highest BCUT2D eigenvalue weighted by atomic mass is 16.4. The molecule has 0 radical (unpaired) electrons. The van der Waals surface area contributed by atoms with Crippen molar-refractivity contribution in [1.29, 1.82) is 0 Å². The Labute approximate surface area is 109 Å². The Balaban J connectivity index is 2.69. The lowest BCUT2D eigenvalue weighted by Gasteiger charge is -2.08. The predicted molar refractivity (Wildman–Crippen MR) is 67.9 cm³/mol. The molecule has 1 unspecified atom stereocenters. The van der Waals surface area contributed by atoms with Crippen LogP contribution in [-0.2, 0) is 14.4 Å². The van der Waals surface area contributed by atoms with E-state index in [1.54, 1.807) is 31.2 Å². The Morgan fingerprint density at radius 1 is 1.11 bits per heavy atom. The quantitative estimate of drug-likeness (QED) is 0.697. The molecule has 0 aliphatic rings. The normalized spacial score (nSPS) is 12.1. The topological polar surface area (TPSA) is 104 Å². The Morgan fingerprint density at radius 3 is 2.16 bits per heavy atom. The highest BCUT2D eigenvalue weighted by Gasteiger charge is 2.13. The maximum atomic E-state index is 11.3. The molecule has 0 aromatic heterocycles. The lowest BCUT2D eigenvalue weighted by molar-refractivity contribution is -0.138. The number of hydrogen-bond acceptors (Lipinski definition) is 3. The van der Waals surface area contributed by atoms with Crippen LogP contribution in [-0.4, -0.2) is 28.1 Å². The van der Waals surface area contributed by atoms with Gasteiger partial charge in [-0.3, -0.25) is 9.59 Å². The first-order valence-corrected chi connectivity index (χ1v) is 5.45. The monoisotopic (exact) mass is 263 g/mol. The van der Waals surface area contributed by atoms with Gasteiger partial charge < -0.3 is 15.5 Å². The molecule has 1 aromatic rings. The lowest BCUT2D eigenvalue weighted by Crippen LogP contribution is -2.10. The molecule has 0 heterocycles. The molecule has 0 saturated heterocycles. The fraction of sp³-hybridized carbons (Fsp3) is 0.154.